The zero-order valence-corrected chi connectivity index (χ0v) is 6.84. The Balaban J connectivity index is 2.88. The molecule has 72 valence electrons. The third-order valence-corrected chi connectivity index (χ3v) is 1.67. The molecule has 0 saturated carbocycles. The molecule has 0 fully saturated rings. The van der Waals surface area contributed by atoms with Crippen molar-refractivity contribution in [1.29, 1.82) is 0 Å². The van der Waals surface area contributed by atoms with E-state index in [-0.39, 0.29) is 11.1 Å². The predicted molar refractivity (Wildman–Crippen MR) is 45.1 cm³/mol. The number of nitrogens with one attached hydrogen (secondary N) is 1. The number of aliphatic hydroxyl groups excluding tert-OH is 3. The Morgan fingerprint density at radius 3 is 2.69 bits per heavy atom. The van der Waals surface area contributed by atoms with Gasteiger partial charge in [0.05, 0.1) is 12.3 Å². The number of aromatic nitrogens is 1. The van der Waals surface area contributed by atoms with Crippen molar-refractivity contribution in [1.82, 2.24) is 4.98 Å². The fourth-order valence-electron chi connectivity index (χ4n) is 0.941. The van der Waals surface area contributed by atoms with Gasteiger partial charge in [-0.05, 0) is 0 Å². The quantitative estimate of drug-likeness (QED) is 0.474. The Bertz CT molecular complexity index is 322. The summed E-state index contributed by atoms with van der Waals surface area (Å²) in [4.78, 5) is 13.4. The fourth-order valence-corrected chi connectivity index (χ4v) is 0.941. The molecule has 0 saturated heterocycles. The molecule has 1 heterocycles. The van der Waals surface area contributed by atoms with E-state index in [0.717, 1.165) is 0 Å². The lowest BCUT2D eigenvalue weighted by Gasteiger charge is -2.14. The van der Waals surface area contributed by atoms with Crippen molar-refractivity contribution in [2.24, 2.45) is 0 Å². The minimum absolute atomic E-state index is 0.189. The summed E-state index contributed by atoms with van der Waals surface area (Å²) in [7, 11) is 0. The van der Waals surface area contributed by atoms with E-state index >= 15 is 0 Å². The maximum Gasteiger partial charge on any atom is 0.181 e. The summed E-state index contributed by atoms with van der Waals surface area (Å²) in [6.07, 6.45) is -1.18. The van der Waals surface area contributed by atoms with Gasteiger partial charge in [-0.25, -0.2) is 0 Å². The second-order valence-electron chi connectivity index (χ2n) is 2.67. The van der Waals surface area contributed by atoms with Gasteiger partial charge < -0.3 is 20.3 Å². The zero-order chi connectivity index (χ0) is 9.84. The third-order valence-electron chi connectivity index (χ3n) is 1.67. The second-order valence-corrected chi connectivity index (χ2v) is 2.67. The Hall–Kier alpha value is -1.17. The lowest BCUT2D eigenvalue weighted by molar-refractivity contribution is -0.0173. The molecule has 2 unspecified atom stereocenters. The van der Waals surface area contributed by atoms with Gasteiger partial charge in [-0.2, -0.15) is 0 Å². The van der Waals surface area contributed by atoms with Gasteiger partial charge in [0.15, 0.2) is 5.43 Å². The van der Waals surface area contributed by atoms with Crippen LogP contribution in [0.2, 0.25) is 0 Å². The van der Waals surface area contributed by atoms with Crippen molar-refractivity contribution in [2.75, 3.05) is 6.61 Å². The van der Waals surface area contributed by atoms with Crippen LogP contribution in [-0.4, -0.2) is 33.0 Å². The SMILES string of the molecule is O=c1cc[nH]c(C(O)C(O)CO)c1. The highest BCUT2D eigenvalue weighted by Gasteiger charge is 2.17. The van der Waals surface area contributed by atoms with Gasteiger partial charge in [-0.1, -0.05) is 0 Å². The summed E-state index contributed by atoms with van der Waals surface area (Å²) in [5.41, 5.74) is -0.0769. The van der Waals surface area contributed by atoms with Gasteiger partial charge in [-0.3, -0.25) is 4.79 Å². The van der Waals surface area contributed by atoms with Gasteiger partial charge in [0.2, 0.25) is 0 Å². The minimum atomic E-state index is -1.28. The Morgan fingerprint density at radius 2 is 2.15 bits per heavy atom. The number of H-pyrrole nitrogens is 1. The number of rotatable bonds is 3. The van der Waals surface area contributed by atoms with Crippen LogP contribution in [0.5, 0.6) is 0 Å². The number of hydrogen-bond acceptors (Lipinski definition) is 4. The topological polar surface area (TPSA) is 93.6 Å². The predicted octanol–water partition coefficient (Wildman–Crippen LogP) is -1.24. The van der Waals surface area contributed by atoms with Gasteiger partial charge in [0.1, 0.15) is 12.2 Å². The highest BCUT2D eigenvalue weighted by molar-refractivity contribution is 5.08. The van der Waals surface area contributed by atoms with Crippen LogP contribution in [0, 0.1) is 0 Å². The van der Waals surface area contributed by atoms with Crippen LogP contribution in [0.15, 0.2) is 23.1 Å². The molecule has 0 aliphatic heterocycles. The molecule has 5 nitrogen and oxygen atoms in total. The van der Waals surface area contributed by atoms with Crippen LogP contribution in [-0.2, 0) is 0 Å². The normalized spacial score (nSPS) is 15.3. The number of pyridine rings is 1. The maximum absolute atomic E-state index is 10.8. The molecule has 4 N–H and O–H groups in total. The number of aliphatic hydroxyl groups is 3. The Labute approximate surface area is 74.3 Å². The summed E-state index contributed by atoms with van der Waals surface area (Å²) in [6, 6.07) is 2.46. The largest absolute Gasteiger partial charge is 0.394 e. The number of aromatic amines is 1. The third kappa shape index (κ3) is 2.38. The van der Waals surface area contributed by atoms with Gasteiger partial charge in [0, 0.05) is 18.3 Å². The average Bonchev–Trinajstić information content (AvgIpc) is 2.15. The van der Waals surface area contributed by atoms with E-state index < -0.39 is 18.8 Å². The van der Waals surface area contributed by atoms with Crippen LogP contribution in [0.25, 0.3) is 0 Å². The summed E-state index contributed by atoms with van der Waals surface area (Å²) < 4.78 is 0. The maximum atomic E-state index is 10.8. The summed E-state index contributed by atoms with van der Waals surface area (Å²) in [6.45, 7) is -0.557. The number of hydrogen-bond donors (Lipinski definition) is 4. The van der Waals surface area contributed by atoms with Crippen molar-refractivity contribution in [3.63, 3.8) is 0 Å². The van der Waals surface area contributed by atoms with Crippen molar-refractivity contribution >= 4 is 0 Å². The molecule has 1 aromatic heterocycles. The monoisotopic (exact) mass is 185 g/mol. The molecule has 13 heavy (non-hydrogen) atoms. The van der Waals surface area contributed by atoms with Crippen molar-refractivity contribution in [2.45, 2.75) is 12.2 Å². The van der Waals surface area contributed by atoms with E-state index in [1.807, 2.05) is 0 Å². The molecule has 1 aromatic rings. The van der Waals surface area contributed by atoms with E-state index in [2.05, 4.69) is 4.98 Å². The van der Waals surface area contributed by atoms with E-state index in [1.165, 1.54) is 18.3 Å². The molecule has 0 aromatic carbocycles. The van der Waals surface area contributed by atoms with E-state index in [4.69, 9.17) is 10.2 Å². The standard InChI is InChI=1S/C8H11NO4/c10-4-7(12)8(13)6-3-5(11)1-2-9-6/h1-3,7-8,10,12-13H,4H2,(H,9,11). The molecule has 0 amide bonds. The molecule has 1 rings (SSSR count). The van der Waals surface area contributed by atoms with E-state index in [0.29, 0.717) is 0 Å². The minimum Gasteiger partial charge on any atom is -0.394 e. The van der Waals surface area contributed by atoms with Crippen LogP contribution in [0.3, 0.4) is 0 Å². The zero-order valence-electron chi connectivity index (χ0n) is 6.84. The van der Waals surface area contributed by atoms with Gasteiger partial charge in [-0.15, -0.1) is 0 Å². The average molecular weight is 185 g/mol. The molecule has 0 radical (unpaired) electrons. The summed E-state index contributed by atoms with van der Waals surface area (Å²) in [5.74, 6) is 0. The first-order valence-electron chi connectivity index (χ1n) is 3.81. The molecule has 0 aliphatic rings. The first-order chi connectivity index (χ1) is 6.15. The molecular weight excluding hydrogens is 174 g/mol. The van der Waals surface area contributed by atoms with Crippen molar-refractivity contribution < 1.29 is 15.3 Å². The van der Waals surface area contributed by atoms with E-state index in [9.17, 15) is 9.90 Å². The van der Waals surface area contributed by atoms with Gasteiger partial charge in [0.25, 0.3) is 0 Å². The summed E-state index contributed by atoms with van der Waals surface area (Å²) in [5, 5.41) is 26.9. The lowest BCUT2D eigenvalue weighted by atomic mass is 10.1. The second kappa shape index (κ2) is 4.18. The van der Waals surface area contributed by atoms with Gasteiger partial charge >= 0.3 is 0 Å². The Kier molecular flexibility index (Phi) is 3.18. The van der Waals surface area contributed by atoms with Crippen LogP contribution < -0.4 is 5.43 Å². The molecule has 2 atom stereocenters. The van der Waals surface area contributed by atoms with Crippen LogP contribution in [0.4, 0.5) is 0 Å². The van der Waals surface area contributed by atoms with E-state index in [1.54, 1.807) is 0 Å². The lowest BCUT2D eigenvalue weighted by Crippen LogP contribution is -2.23. The highest BCUT2D eigenvalue weighted by atomic mass is 16.4. The Morgan fingerprint density at radius 1 is 1.46 bits per heavy atom. The van der Waals surface area contributed by atoms with Crippen LogP contribution >= 0.6 is 0 Å². The van der Waals surface area contributed by atoms with Crippen molar-refractivity contribution in [3.05, 3.63) is 34.2 Å². The molecule has 5 heteroatoms. The summed E-state index contributed by atoms with van der Waals surface area (Å²) >= 11 is 0. The smallest absolute Gasteiger partial charge is 0.181 e. The molecule has 0 bridgehead atoms. The first-order valence-corrected chi connectivity index (χ1v) is 3.81. The fraction of sp³-hybridized carbons (Fsp3) is 0.375. The molecular formula is C8H11NO4. The molecule has 0 spiro atoms. The molecule has 0 aliphatic carbocycles. The highest BCUT2D eigenvalue weighted by Crippen LogP contribution is 2.11. The van der Waals surface area contributed by atoms with Crippen molar-refractivity contribution in [3.8, 4) is 0 Å². The van der Waals surface area contributed by atoms with Crippen LogP contribution in [0.1, 0.15) is 11.8 Å². The first kappa shape index (κ1) is 9.91.